The van der Waals surface area contributed by atoms with Gasteiger partial charge in [0.2, 0.25) is 5.91 Å². The van der Waals surface area contributed by atoms with Crippen LogP contribution in [0, 0.1) is 11.8 Å². The molecule has 0 radical (unpaired) electrons. The number of hydrogen-bond donors (Lipinski definition) is 0. The van der Waals surface area contributed by atoms with E-state index in [4.69, 9.17) is 9.47 Å². The Morgan fingerprint density at radius 1 is 1.10 bits per heavy atom. The van der Waals surface area contributed by atoms with Crippen LogP contribution in [0.15, 0.2) is 54.9 Å². The van der Waals surface area contributed by atoms with Crippen molar-refractivity contribution in [3.8, 4) is 0 Å². The van der Waals surface area contributed by atoms with Gasteiger partial charge in [-0.1, -0.05) is 43.3 Å². The van der Waals surface area contributed by atoms with E-state index in [9.17, 15) is 4.79 Å². The highest BCUT2D eigenvalue weighted by Gasteiger charge is 2.62. The minimum atomic E-state index is -0.519. The highest BCUT2D eigenvalue weighted by atomic mass is 16.7. The predicted octanol–water partition coefficient (Wildman–Crippen LogP) is 3.54. The van der Waals surface area contributed by atoms with Gasteiger partial charge in [-0.25, -0.2) is 0 Å². The van der Waals surface area contributed by atoms with Crippen molar-refractivity contribution in [1.82, 2.24) is 9.88 Å². The van der Waals surface area contributed by atoms with Crippen molar-refractivity contribution in [3.05, 3.63) is 66.0 Å². The van der Waals surface area contributed by atoms with Gasteiger partial charge >= 0.3 is 0 Å². The van der Waals surface area contributed by atoms with Crippen LogP contribution in [0.1, 0.15) is 37.3 Å². The number of amides is 1. The van der Waals surface area contributed by atoms with Crippen molar-refractivity contribution in [3.63, 3.8) is 0 Å². The first-order valence-electron chi connectivity index (χ1n) is 10.7. The summed E-state index contributed by atoms with van der Waals surface area (Å²) in [5.41, 5.74) is 1.69. The van der Waals surface area contributed by atoms with E-state index in [2.05, 4.69) is 24.0 Å². The van der Waals surface area contributed by atoms with Gasteiger partial charge in [0.15, 0.2) is 5.79 Å². The molecule has 1 saturated carbocycles. The van der Waals surface area contributed by atoms with Crippen LogP contribution in [-0.2, 0) is 26.2 Å². The molecule has 1 aromatic carbocycles. The third-order valence-electron chi connectivity index (χ3n) is 7.34. The molecule has 5 nitrogen and oxygen atoms in total. The fourth-order valence-electron chi connectivity index (χ4n) is 5.92. The summed E-state index contributed by atoms with van der Waals surface area (Å²) in [5.74, 6) is 0.0933. The Hall–Kier alpha value is -2.24. The number of pyridine rings is 1. The monoisotopic (exact) mass is 392 g/mol. The second kappa shape index (κ2) is 7.22. The Bertz CT molecular complexity index is 866. The lowest BCUT2D eigenvalue weighted by molar-refractivity contribution is -0.238. The zero-order valence-corrected chi connectivity index (χ0v) is 16.9. The summed E-state index contributed by atoms with van der Waals surface area (Å²) >= 11 is 0. The van der Waals surface area contributed by atoms with Crippen LogP contribution in [0.5, 0.6) is 0 Å². The minimum Gasteiger partial charge on any atom is -0.347 e. The molecular weight excluding hydrogens is 364 g/mol. The van der Waals surface area contributed by atoms with E-state index in [1.54, 1.807) is 6.20 Å². The highest BCUT2D eigenvalue weighted by Crippen LogP contribution is 2.56. The molecule has 29 heavy (non-hydrogen) atoms. The number of piperidine rings is 1. The number of hydrogen-bond acceptors (Lipinski definition) is 4. The first-order chi connectivity index (χ1) is 14.2. The van der Waals surface area contributed by atoms with Gasteiger partial charge in [0.1, 0.15) is 0 Å². The second-order valence-electron chi connectivity index (χ2n) is 8.62. The lowest BCUT2D eigenvalue weighted by atomic mass is 9.54. The normalized spacial score (nSPS) is 31.1. The fraction of sp³-hybridized carbons (Fsp3) is 0.500. The number of carbonyl (C=O) groups excluding carboxylic acids is 1. The summed E-state index contributed by atoms with van der Waals surface area (Å²) in [7, 11) is 0. The van der Waals surface area contributed by atoms with Crippen LogP contribution in [-0.4, -0.2) is 41.3 Å². The van der Waals surface area contributed by atoms with E-state index in [1.807, 2.05) is 41.4 Å². The molecule has 1 aliphatic carbocycles. The Kier molecular flexibility index (Phi) is 4.67. The van der Waals surface area contributed by atoms with Crippen LogP contribution in [0.3, 0.4) is 0 Å². The van der Waals surface area contributed by atoms with Gasteiger partial charge in [-0.05, 0) is 36.0 Å². The molecule has 152 valence electrons. The Morgan fingerprint density at radius 2 is 1.90 bits per heavy atom. The molecule has 0 unspecified atom stereocenters. The van der Waals surface area contributed by atoms with Crippen LogP contribution in [0.25, 0.3) is 0 Å². The summed E-state index contributed by atoms with van der Waals surface area (Å²) in [6.07, 6.45) is 6.09. The van der Waals surface area contributed by atoms with Crippen LogP contribution in [0.4, 0.5) is 0 Å². The maximum absolute atomic E-state index is 14.1. The Balaban J connectivity index is 1.53. The quantitative estimate of drug-likeness (QED) is 0.802. The van der Waals surface area contributed by atoms with Crippen molar-refractivity contribution < 1.29 is 14.3 Å². The van der Waals surface area contributed by atoms with Gasteiger partial charge in [0.25, 0.3) is 0 Å². The van der Waals surface area contributed by atoms with E-state index in [0.29, 0.717) is 19.8 Å². The summed E-state index contributed by atoms with van der Waals surface area (Å²) in [6, 6.07) is 14.3. The number of carbonyl (C=O) groups is 1. The largest absolute Gasteiger partial charge is 0.347 e. The van der Waals surface area contributed by atoms with E-state index >= 15 is 0 Å². The van der Waals surface area contributed by atoms with E-state index < -0.39 is 11.2 Å². The third-order valence-corrected chi connectivity index (χ3v) is 7.34. The van der Waals surface area contributed by atoms with Crippen molar-refractivity contribution in [2.24, 2.45) is 11.8 Å². The average Bonchev–Trinajstić information content (AvgIpc) is 3.24. The summed E-state index contributed by atoms with van der Waals surface area (Å²) < 4.78 is 12.3. The number of benzene rings is 1. The van der Waals surface area contributed by atoms with Gasteiger partial charge in [-0.2, -0.15) is 0 Å². The molecule has 3 atom stereocenters. The van der Waals surface area contributed by atoms with Crippen molar-refractivity contribution in [1.29, 1.82) is 0 Å². The molecule has 3 fully saturated rings. The molecule has 2 aromatic rings. The average molecular weight is 392 g/mol. The fourth-order valence-corrected chi connectivity index (χ4v) is 5.92. The standard InChI is InChI=1S/C24H28N2O3/c1-18-21-9-13-26(17-19-6-5-12-25-16-19)22(27)23(21,20-7-3-2-4-8-20)10-11-24(18)28-14-15-29-24/h2-8,12,16,18,21H,9-11,13-15,17H2,1H3/t18-,21-,23+/m0/s1. The first kappa shape index (κ1) is 18.8. The van der Waals surface area contributed by atoms with Gasteiger partial charge in [-0.3, -0.25) is 9.78 Å². The van der Waals surface area contributed by atoms with E-state index in [-0.39, 0.29) is 17.7 Å². The van der Waals surface area contributed by atoms with Crippen molar-refractivity contribution >= 4 is 5.91 Å². The van der Waals surface area contributed by atoms with Crippen molar-refractivity contribution in [2.75, 3.05) is 19.8 Å². The van der Waals surface area contributed by atoms with Gasteiger partial charge in [-0.15, -0.1) is 0 Å². The number of aromatic nitrogens is 1. The summed E-state index contributed by atoms with van der Waals surface area (Å²) in [4.78, 5) is 20.3. The van der Waals surface area contributed by atoms with Crippen LogP contribution in [0.2, 0.25) is 0 Å². The van der Waals surface area contributed by atoms with Gasteiger partial charge < -0.3 is 14.4 Å². The number of likely N-dealkylation sites (tertiary alicyclic amines) is 1. The van der Waals surface area contributed by atoms with Crippen LogP contribution < -0.4 is 0 Å². The molecule has 0 N–H and O–H groups in total. The molecule has 2 aliphatic heterocycles. The Morgan fingerprint density at radius 3 is 2.62 bits per heavy atom. The first-order valence-corrected chi connectivity index (χ1v) is 10.7. The third kappa shape index (κ3) is 2.90. The second-order valence-corrected chi connectivity index (χ2v) is 8.62. The SMILES string of the molecule is C[C@H]1[C@@H]2CCN(Cc3cccnc3)C(=O)[C@@]2(c2ccccc2)CCC12OCCO2. The van der Waals surface area contributed by atoms with E-state index in [0.717, 1.165) is 36.9 Å². The molecule has 1 aromatic heterocycles. The number of nitrogens with zero attached hydrogens (tertiary/aromatic N) is 2. The van der Waals surface area contributed by atoms with E-state index in [1.165, 1.54) is 0 Å². The lowest BCUT2D eigenvalue weighted by Gasteiger charge is -2.56. The number of fused-ring (bicyclic) bond motifs is 1. The van der Waals surface area contributed by atoms with Crippen LogP contribution >= 0.6 is 0 Å². The maximum Gasteiger partial charge on any atom is 0.233 e. The highest BCUT2D eigenvalue weighted by molar-refractivity contribution is 5.90. The Labute approximate surface area is 172 Å². The lowest BCUT2D eigenvalue weighted by Crippen LogP contribution is -2.64. The van der Waals surface area contributed by atoms with Gasteiger partial charge in [0, 0.05) is 37.8 Å². The topological polar surface area (TPSA) is 51.7 Å². The van der Waals surface area contributed by atoms with Gasteiger partial charge in [0.05, 0.1) is 18.6 Å². The number of rotatable bonds is 3. The smallest absolute Gasteiger partial charge is 0.233 e. The molecule has 0 bridgehead atoms. The zero-order valence-electron chi connectivity index (χ0n) is 16.9. The molecule has 5 heteroatoms. The molecular formula is C24H28N2O3. The predicted molar refractivity (Wildman–Crippen MR) is 109 cm³/mol. The number of ether oxygens (including phenoxy) is 2. The molecule has 3 aliphatic rings. The molecule has 1 amide bonds. The molecule has 2 saturated heterocycles. The summed E-state index contributed by atoms with van der Waals surface area (Å²) in [6.45, 7) is 4.89. The minimum absolute atomic E-state index is 0.170. The molecule has 3 heterocycles. The summed E-state index contributed by atoms with van der Waals surface area (Å²) in [5, 5.41) is 0. The van der Waals surface area contributed by atoms with Crippen molar-refractivity contribution in [2.45, 2.75) is 43.9 Å². The maximum atomic E-state index is 14.1. The molecule has 1 spiro atoms. The molecule has 5 rings (SSSR count). The zero-order chi connectivity index (χ0) is 19.9.